The predicted molar refractivity (Wildman–Crippen MR) is 73.8 cm³/mol. The van der Waals surface area contributed by atoms with Crippen LogP contribution in [-0.4, -0.2) is 33.4 Å². The summed E-state index contributed by atoms with van der Waals surface area (Å²) in [6.07, 6.45) is 0. The van der Waals surface area contributed by atoms with Gasteiger partial charge in [0.15, 0.2) is 0 Å². The van der Waals surface area contributed by atoms with Crippen LogP contribution in [0.4, 0.5) is 4.39 Å². The molecule has 0 spiro atoms. The van der Waals surface area contributed by atoms with Crippen molar-refractivity contribution in [3.8, 4) is 5.69 Å². The number of carbonyl (C=O) groups excluding carboxylic acids is 1. The first kappa shape index (κ1) is 14.9. The van der Waals surface area contributed by atoms with Crippen molar-refractivity contribution in [2.24, 2.45) is 0 Å². The van der Waals surface area contributed by atoms with Crippen molar-refractivity contribution in [1.29, 1.82) is 0 Å². The topological polar surface area (TPSA) is 84.2 Å². The SMILES string of the molecule is CC(CO)NC(=O)c1ccc(=O)n(-c2ccc(F)cc2)n1. The molecule has 1 heterocycles. The van der Waals surface area contributed by atoms with Crippen LogP contribution in [0.15, 0.2) is 41.2 Å². The van der Waals surface area contributed by atoms with E-state index in [4.69, 9.17) is 5.11 Å². The van der Waals surface area contributed by atoms with Gasteiger partial charge in [0.1, 0.15) is 11.5 Å². The van der Waals surface area contributed by atoms with E-state index in [-0.39, 0.29) is 12.3 Å². The highest BCUT2D eigenvalue weighted by Crippen LogP contribution is 2.06. The summed E-state index contributed by atoms with van der Waals surface area (Å²) in [5, 5.41) is 15.4. The lowest BCUT2D eigenvalue weighted by Gasteiger charge is -2.11. The van der Waals surface area contributed by atoms with E-state index in [1.54, 1.807) is 6.92 Å². The number of benzene rings is 1. The van der Waals surface area contributed by atoms with Gasteiger partial charge in [0.05, 0.1) is 12.3 Å². The first-order chi connectivity index (χ1) is 10.0. The summed E-state index contributed by atoms with van der Waals surface area (Å²) in [6.45, 7) is 1.43. The summed E-state index contributed by atoms with van der Waals surface area (Å²) < 4.78 is 13.9. The van der Waals surface area contributed by atoms with E-state index >= 15 is 0 Å². The second-order valence-electron chi connectivity index (χ2n) is 4.50. The summed E-state index contributed by atoms with van der Waals surface area (Å²) in [5.74, 6) is -0.940. The number of rotatable bonds is 4. The molecular formula is C14H14FN3O3. The van der Waals surface area contributed by atoms with E-state index in [0.717, 1.165) is 4.68 Å². The van der Waals surface area contributed by atoms with Crippen molar-refractivity contribution >= 4 is 5.91 Å². The summed E-state index contributed by atoms with van der Waals surface area (Å²) in [4.78, 5) is 23.7. The molecule has 0 saturated carbocycles. The Hall–Kier alpha value is -2.54. The van der Waals surface area contributed by atoms with Gasteiger partial charge in [0.25, 0.3) is 11.5 Å². The number of aliphatic hydroxyl groups is 1. The van der Waals surface area contributed by atoms with Crippen LogP contribution in [0.5, 0.6) is 0 Å². The molecule has 1 amide bonds. The van der Waals surface area contributed by atoms with Crippen LogP contribution < -0.4 is 10.9 Å². The summed E-state index contributed by atoms with van der Waals surface area (Å²) in [7, 11) is 0. The van der Waals surface area contributed by atoms with Crippen LogP contribution in [0.1, 0.15) is 17.4 Å². The molecule has 0 saturated heterocycles. The van der Waals surface area contributed by atoms with E-state index in [9.17, 15) is 14.0 Å². The second-order valence-corrected chi connectivity index (χ2v) is 4.50. The average Bonchev–Trinajstić information content (AvgIpc) is 2.48. The van der Waals surface area contributed by atoms with Crippen LogP contribution in [0.25, 0.3) is 5.69 Å². The van der Waals surface area contributed by atoms with E-state index < -0.39 is 23.3 Å². The maximum atomic E-state index is 12.9. The van der Waals surface area contributed by atoms with Crippen LogP contribution >= 0.6 is 0 Å². The molecule has 6 nitrogen and oxygen atoms in total. The Morgan fingerprint density at radius 1 is 1.33 bits per heavy atom. The first-order valence-corrected chi connectivity index (χ1v) is 6.29. The van der Waals surface area contributed by atoms with Gasteiger partial charge in [-0.05, 0) is 37.3 Å². The van der Waals surface area contributed by atoms with Gasteiger partial charge in [-0.2, -0.15) is 9.78 Å². The van der Waals surface area contributed by atoms with Crippen molar-refractivity contribution < 1.29 is 14.3 Å². The summed E-state index contributed by atoms with van der Waals surface area (Å²) >= 11 is 0. The minimum absolute atomic E-state index is 0.0271. The Balaban J connectivity index is 2.35. The Labute approximate surface area is 119 Å². The number of hydrogen-bond acceptors (Lipinski definition) is 4. The average molecular weight is 291 g/mol. The smallest absolute Gasteiger partial charge is 0.272 e. The van der Waals surface area contributed by atoms with Gasteiger partial charge in [0, 0.05) is 12.1 Å². The molecule has 0 fully saturated rings. The molecule has 0 aliphatic heterocycles. The number of hydrogen-bond donors (Lipinski definition) is 2. The molecular weight excluding hydrogens is 277 g/mol. The van der Waals surface area contributed by atoms with Crippen molar-refractivity contribution in [1.82, 2.24) is 15.1 Å². The Kier molecular flexibility index (Phi) is 4.44. The molecule has 1 atom stereocenters. The van der Waals surface area contributed by atoms with Crippen molar-refractivity contribution in [3.63, 3.8) is 0 Å². The van der Waals surface area contributed by atoms with Crippen molar-refractivity contribution in [3.05, 3.63) is 58.3 Å². The molecule has 0 radical (unpaired) electrons. The second kappa shape index (κ2) is 6.27. The summed E-state index contributed by atoms with van der Waals surface area (Å²) in [5.41, 5.74) is -0.0566. The molecule has 21 heavy (non-hydrogen) atoms. The van der Waals surface area contributed by atoms with E-state index in [1.165, 1.54) is 36.4 Å². The molecule has 0 aliphatic rings. The molecule has 2 aromatic rings. The van der Waals surface area contributed by atoms with Gasteiger partial charge < -0.3 is 10.4 Å². The van der Waals surface area contributed by atoms with Gasteiger partial charge in [-0.25, -0.2) is 4.39 Å². The number of nitrogens with one attached hydrogen (secondary N) is 1. The Morgan fingerprint density at radius 2 is 2.00 bits per heavy atom. The molecule has 0 bridgehead atoms. The molecule has 2 rings (SSSR count). The highest BCUT2D eigenvalue weighted by Gasteiger charge is 2.12. The Bertz CT molecular complexity index is 697. The fourth-order valence-electron chi connectivity index (χ4n) is 1.64. The van der Waals surface area contributed by atoms with Gasteiger partial charge in [0.2, 0.25) is 0 Å². The Morgan fingerprint density at radius 3 is 2.62 bits per heavy atom. The number of halogens is 1. The van der Waals surface area contributed by atoms with Gasteiger partial charge >= 0.3 is 0 Å². The number of aromatic nitrogens is 2. The van der Waals surface area contributed by atoms with Crippen molar-refractivity contribution in [2.45, 2.75) is 13.0 Å². The van der Waals surface area contributed by atoms with E-state index in [2.05, 4.69) is 10.4 Å². The number of aliphatic hydroxyl groups excluding tert-OH is 1. The van der Waals surface area contributed by atoms with Crippen molar-refractivity contribution in [2.75, 3.05) is 6.61 Å². The zero-order valence-corrected chi connectivity index (χ0v) is 11.3. The molecule has 1 aromatic carbocycles. The molecule has 2 N–H and O–H groups in total. The van der Waals surface area contributed by atoms with Gasteiger partial charge in [-0.3, -0.25) is 9.59 Å². The quantitative estimate of drug-likeness (QED) is 0.858. The van der Waals surface area contributed by atoms with Crippen LogP contribution in [-0.2, 0) is 0 Å². The highest BCUT2D eigenvalue weighted by atomic mass is 19.1. The lowest BCUT2D eigenvalue weighted by atomic mass is 10.3. The number of nitrogens with zero attached hydrogens (tertiary/aromatic N) is 2. The molecule has 1 aromatic heterocycles. The molecule has 7 heteroatoms. The van der Waals surface area contributed by atoms with Gasteiger partial charge in [-0.15, -0.1) is 0 Å². The predicted octanol–water partition coefficient (Wildman–Crippen LogP) is 0.482. The molecule has 1 unspecified atom stereocenters. The lowest BCUT2D eigenvalue weighted by molar-refractivity contribution is 0.0915. The summed E-state index contributed by atoms with van der Waals surface area (Å²) in [6, 6.07) is 7.25. The maximum absolute atomic E-state index is 12.9. The third-order valence-corrected chi connectivity index (χ3v) is 2.76. The van der Waals surface area contributed by atoms with Gasteiger partial charge in [-0.1, -0.05) is 0 Å². The van der Waals surface area contributed by atoms with Crippen LogP contribution in [0.3, 0.4) is 0 Å². The number of amides is 1. The molecule has 0 aliphatic carbocycles. The minimum Gasteiger partial charge on any atom is -0.394 e. The normalized spacial score (nSPS) is 12.0. The lowest BCUT2D eigenvalue weighted by Crippen LogP contribution is -2.36. The fourth-order valence-corrected chi connectivity index (χ4v) is 1.64. The van der Waals surface area contributed by atoms with Crippen LogP contribution in [0.2, 0.25) is 0 Å². The highest BCUT2D eigenvalue weighted by molar-refractivity contribution is 5.92. The maximum Gasteiger partial charge on any atom is 0.272 e. The third-order valence-electron chi connectivity index (χ3n) is 2.76. The largest absolute Gasteiger partial charge is 0.394 e. The monoisotopic (exact) mass is 291 g/mol. The minimum atomic E-state index is -0.507. The zero-order chi connectivity index (χ0) is 15.4. The first-order valence-electron chi connectivity index (χ1n) is 6.29. The molecule has 110 valence electrons. The van der Waals surface area contributed by atoms with E-state index in [1.807, 2.05) is 0 Å². The standard InChI is InChI=1S/C14H14FN3O3/c1-9(8-19)16-14(21)12-6-7-13(20)18(17-12)11-4-2-10(15)3-5-11/h2-7,9,19H,8H2,1H3,(H,16,21). The van der Waals surface area contributed by atoms with Crippen LogP contribution in [0, 0.1) is 5.82 Å². The number of carbonyl (C=O) groups is 1. The van der Waals surface area contributed by atoms with E-state index in [0.29, 0.717) is 5.69 Å². The third kappa shape index (κ3) is 3.51. The zero-order valence-electron chi connectivity index (χ0n) is 11.3. The fraction of sp³-hybridized carbons (Fsp3) is 0.214.